The maximum Gasteiger partial charge on any atom is 0.310 e. The van der Waals surface area contributed by atoms with E-state index in [4.69, 9.17) is 4.74 Å². The van der Waals surface area contributed by atoms with Crippen molar-refractivity contribution in [3.8, 4) is 0 Å². The molecule has 9 atom stereocenters. The van der Waals surface area contributed by atoms with E-state index < -0.39 is 0 Å². The number of rotatable bonds is 3. The number of nitrogens with zero attached hydrogens (tertiary/aromatic N) is 3. The number of hydrogen-bond donors (Lipinski definition) is 2. The lowest BCUT2D eigenvalue weighted by atomic mass is 9.64. The smallest absolute Gasteiger partial charge is 0.310 e. The number of ether oxygens (including phenoxy) is 1. The first kappa shape index (κ1) is 30.4. The van der Waals surface area contributed by atoms with Crippen molar-refractivity contribution in [2.75, 3.05) is 33.9 Å². The standard InChI is InChI=1S/C41H48N4O3/c1-6-22-19-43(3)36-17-30-25-10-8-9-11-33(25)42-39(30)28(15-27(22)38(36)41(47)48-5)24-12-13-34-29(14-24)31-18-35-32(21-46)26-16-37(40(31)44(34)4)45(35)20-23(26)7-2/h6-14,26-28,32,35-38,42,46H,15-21H2,1-5H3/b22-6-,23-7-/t26-,27-,28?,32+,35-,36-,37-,38-/m0/s1. The van der Waals surface area contributed by atoms with Gasteiger partial charge < -0.3 is 19.4 Å². The molecule has 1 aliphatic carbocycles. The quantitative estimate of drug-likeness (QED) is 0.204. The number of likely N-dealkylation sites (N-methyl/N-ethyl adjacent to an activating group) is 1. The zero-order valence-corrected chi connectivity index (χ0v) is 28.9. The molecule has 7 nitrogen and oxygen atoms in total. The molecule has 0 amide bonds. The van der Waals surface area contributed by atoms with Crippen LogP contribution in [-0.2, 0) is 29.4 Å². The molecule has 0 radical (unpaired) electrons. The highest BCUT2D eigenvalue weighted by molar-refractivity contribution is 5.88. The topological polar surface area (TPSA) is 73.7 Å². The van der Waals surface area contributed by atoms with Crippen LogP contribution in [0.1, 0.15) is 66.7 Å². The summed E-state index contributed by atoms with van der Waals surface area (Å²) in [5.41, 5.74) is 12.2. The fourth-order valence-corrected chi connectivity index (χ4v) is 11.3. The molecule has 0 spiro atoms. The molecule has 48 heavy (non-hydrogen) atoms. The molecule has 7 heterocycles. The zero-order chi connectivity index (χ0) is 33.0. The Kier molecular flexibility index (Phi) is 7.09. The van der Waals surface area contributed by atoms with Crippen molar-refractivity contribution in [1.29, 1.82) is 0 Å². The molecule has 4 saturated heterocycles. The number of allylic oxidation sites excluding steroid dienone is 2. The first-order valence-corrected chi connectivity index (χ1v) is 18.0. The molecule has 7 heteroatoms. The number of aliphatic hydroxyl groups is 1. The number of piperidine rings is 4. The van der Waals surface area contributed by atoms with Crippen LogP contribution in [0, 0.1) is 23.7 Å². The predicted molar refractivity (Wildman–Crippen MR) is 190 cm³/mol. The average molecular weight is 645 g/mol. The molecule has 0 saturated carbocycles. The largest absolute Gasteiger partial charge is 0.469 e. The predicted octanol–water partition coefficient (Wildman–Crippen LogP) is 6.26. The Morgan fingerprint density at radius 2 is 1.73 bits per heavy atom. The second kappa shape index (κ2) is 11.2. The number of esters is 1. The van der Waals surface area contributed by atoms with Crippen LogP contribution in [0.3, 0.4) is 0 Å². The van der Waals surface area contributed by atoms with Gasteiger partial charge in [-0.2, -0.15) is 0 Å². The zero-order valence-electron chi connectivity index (χ0n) is 28.9. The van der Waals surface area contributed by atoms with Gasteiger partial charge in [0, 0.05) is 83.9 Å². The van der Waals surface area contributed by atoms with Crippen LogP contribution in [0.4, 0.5) is 0 Å². The fourth-order valence-electron chi connectivity index (χ4n) is 11.3. The number of aromatic nitrogens is 2. The Morgan fingerprint density at radius 3 is 2.50 bits per heavy atom. The van der Waals surface area contributed by atoms with Crippen LogP contribution in [0.25, 0.3) is 21.8 Å². The second-order valence-corrected chi connectivity index (χ2v) is 15.3. The molecule has 6 aliphatic rings. The van der Waals surface area contributed by atoms with Crippen molar-refractivity contribution in [3.63, 3.8) is 0 Å². The molecule has 2 aromatic carbocycles. The monoisotopic (exact) mass is 644 g/mol. The highest BCUT2D eigenvalue weighted by Gasteiger charge is 2.53. The summed E-state index contributed by atoms with van der Waals surface area (Å²) >= 11 is 0. The number of methoxy groups -OCH3 is 1. The molecular weight excluding hydrogens is 596 g/mol. The Balaban J connectivity index is 1.22. The maximum absolute atomic E-state index is 13.7. The van der Waals surface area contributed by atoms with Gasteiger partial charge in [-0.25, -0.2) is 0 Å². The van der Waals surface area contributed by atoms with Crippen LogP contribution in [0.15, 0.2) is 65.8 Å². The van der Waals surface area contributed by atoms with Crippen molar-refractivity contribution in [2.24, 2.45) is 30.7 Å². The summed E-state index contributed by atoms with van der Waals surface area (Å²) in [6.07, 6.45) is 8.27. The van der Waals surface area contributed by atoms with Gasteiger partial charge >= 0.3 is 5.97 Å². The van der Waals surface area contributed by atoms with Crippen LogP contribution in [0.5, 0.6) is 0 Å². The number of H-pyrrole nitrogens is 1. The molecule has 5 aliphatic heterocycles. The molecule has 250 valence electrons. The van der Waals surface area contributed by atoms with Gasteiger partial charge in [0.15, 0.2) is 0 Å². The van der Waals surface area contributed by atoms with Crippen LogP contribution < -0.4 is 0 Å². The number of benzene rings is 2. The lowest BCUT2D eigenvalue weighted by Gasteiger charge is -2.58. The van der Waals surface area contributed by atoms with E-state index in [1.807, 2.05) is 0 Å². The number of carbonyl (C=O) groups is 1. The Morgan fingerprint density at radius 1 is 0.958 bits per heavy atom. The van der Waals surface area contributed by atoms with Crippen molar-refractivity contribution in [2.45, 2.75) is 63.6 Å². The van der Waals surface area contributed by atoms with E-state index in [-0.39, 0.29) is 36.4 Å². The number of carbonyl (C=O) groups excluding carboxylic acids is 1. The number of para-hydroxylation sites is 1. The van der Waals surface area contributed by atoms with Crippen LogP contribution in [0.2, 0.25) is 0 Å². The molecule has 2 aromatic heterocycles. The summed E-state index contributed by atoms with van der Waals surface area (Å²) in [7, 11) is 5.97. The van der Waals surface area contributed by atoms with Crippen molar-refractivity contribution in [1.82, 2.24) is 19.4 Å². The first-order chi connectivity index (χ1) is 23.4. The number of aromatic amines is 1. The minimum absolute atomic E-state index is 0.0703. The highest BCUT2D eigenvalue weighted by atomic mass is 16.5. The van der Waals surface area contributed by atoms with E-state index in [1.54, 1.807) is 7.11 Å². The Hall–Kier alpha value is -3.65. The molecule has 4 fully saturated rings. The molecule has 6 bridgehead atoms. The molecule has 2 N–H and O–H groups in total. The normalized spacial score (nSPS) is 34.3. The van der Waals surface area contributed by atoms with Gasteiger partial charge in [-0.3, -0.25) is 14.6 Å². The minimum atomic E-state index is -0.223. The molecular formula is C41H48N4O3. The van der Waals surface area contributed by atoms with E-state index in [0.717, 1.165) is 44.3 Å². The fraction of sp³-hybridized carbons (Fsp3) is 0.488. The summed E-state index contributed by atoms with van der Waals surface area (Å²) in [4.78, 5) is 22.7. The second-order valence-electron chi connectivity index (χ2n) is 15.3. The minimum Gasteiger partial charge on any atom is -0.469 e. The lowest BCUT2D eigenvalue weighted by molar-refractivity contribution is -0.151. The van der Waals surface area contributed by atoms with Crippen LogP contribution in [-0.4, -0.2) is 76.4 Å². The van der Waals surface area contributed by atoms with Gasteiger partial charge in [0.1, 0.15) is 0 Å². The van der Waals surface area contributed by atoms with Crippen molar-refractivity contribution < 1.29 is 14.6 Å². The van der Waals surface area contributed by atoms with E-state index in [0.29, 0.717) is 23.9 Å². The first-order valence-electron chi connectivity index (χ1n) is 18.0. The number of aliphatic hydroxyl groups excluding tert-OH is 1. The van der Waals surface area contributed by atoms with E-state index >= 15 is 0 Å². The van der Waals surface area contributed by atoms with E-state index in [1.165, 1.54) is 55.5 Å². The van der Waals surface area contributed by atoms with Gasteiger partial charge in [-0.15, -0.1) is 0 Å². The van der Waals surface area contributed by atoms with Crippen molar-refractivity contribution in [3.05, 3.63) is 93.8 Å². The molecule has 2 unspecified atom stereocenters. The third kappa shape index (κ3) is 4.13. The van der Waals surface area contributed by atoms with E-state index in [2.05, 4.69) is 102 Å². The van der Waals surface area contributed by atoms with Gasteiger partial charge in [0.2, 0.25) is 0 Å². The lowest BCUT2D eigenvalue weighted by Crippen LogP contribution is -2.61. The van der Waals surface area contributed by atoms with Gasteiger partial charge in [0.05, 0.1) is 19.1 Å². The summed E-state index contributed by atoms with van der Waals surface area (Å²) in [6.45, 7) is 6.43. The molecule has 4 aromatic rings. The third-order valence-electron chi connectivity index (χ3n) is 13.5. The number of nitrogens with one attached hydrogen (secondary N) is 1. The average Bonchev–Trinajstić information content (AvgIpc) is 3.60. The van der Waals surface area contributed by atoms with Gasteiger partial charge in [0.25, 0.3) is 0 Å². The summed E-state index contributed by atoms with van der Waals surface area (Å²) in [5.74, 6) is 0.648. The Labute approximate surface area is 283 Å². The van der Waals surface area contributed by atoms with Gasteiger partial charge in [-0.1, -0.05) is 47.6 Å². The van der Waals surface area contributed by atoms with Crippen molar-refractivity contribution >= 4 is 27.8 Å². The third-order valence-corrected chi connectivity index (χ3v) is 13.5. The highest BCUT2D eigenvalue weighted by Crippen LogP contribution is 2.55. The number of fused-ring (bicyclic) bond motifs is 9. The van der Waals surface area contributed by atoms with Crippen LogP contribution >= 0.6 is 0 Å². The summed E-state index contributed by atoms with van der Waals surface area (Å²) in [6, 6.07) is 16.7. The maximum atomic E-state index is 13.7. The Bertz CT molecular complexity index is 2020. The molecule has 10 rings (SSSR count). The van der Waals surface area contributed by atoms with E-state index in [9.17, 15) is 9.90 Å². The SMILES string of the molecule is C/C=C1/CN2[C@H]3C[C@@H]1[C@@H](CO)[C@@H]2Cc1c3n(C)c2ccc(C3C[C@H]4/C(=C\C)CN(C)[C@@H](Cc5c3[nH]c3ccccc53)[C@H]4C(=O)OC)cc12. The number of aryl methyl sites for hydroxylation is 1. The summed E-state index contributed by atoms with van der Waals surface area (Å²) < 4.78 is 8.02. The van der Waals surface area contributed by atoms with Gasteiger partial charge in [-0.05, 0) is 93.3 Å². The summed E-state index contributed by atoms with van der Waals surface area (Å²) in [5, 5.41) is 13.2. The number of likely N-dealkylation sites (tertiary alicyclic amines) is 1. The number of hydrogen-bond acceptors (Lipinski definition) is 5.